The van der Waals surface area contributed by atoms with Crippen LogP contribution in [0.25, 0.3) is 0 Å². The van der Waals surface area contributed by atoms with E-state index >= 15 is 0 Å². The first-order valence-electron chi connectivity index (χ1n) is 17.3. The maximum Gasteiger partial charge on any atom is 0.248 e. The minimum absolute atomic E-state index is 0.0517. The predicted molar refractivity (Wildman–Crippen MR) is 180 cm³/mol. The Balaban J connectivity index is 1.74. The molecular weight excluding hydrogens is 582 g/mol. The zero-order valence-electron chi connectivity index (χ0n) is 28.4. The fourth-order valence-electron chi connectivity index (χ4n) is 8.06. The number of benzene rings is 1. The average Bonchev–Trinajstić information content (AvgIpc) is 3.55. The molecule has 2 bridgehead atoms. The molecule has 6 atom stereocenters. The number of carbonyl (C=O) groups is 3. The molecule has 3 fully saturated rings. The fourth-order valence-corrected chi connectivity index (χ4v) is 8.06. The summed E-state index contributed by atoms with van der Waals surface area (Å²) in [5.41, 5.74) is -1.33. The number of anilines is 1. The van der Waals surface area contributed by atoms with Gasteiger partial charge in [-0.15, -0.1) is 13.2 Å². The van der Waals surface area contributed by atoms with Gasteiger partial charge < -0.3 is 29.3 Å². The van der Waals surface area contributed by atoms with Crippen molar-refractivity contribution in [3.8, 4) is 5.75 Å². The first-order valence-corrected chi connectivity index (χ1v) is 17.3. The number of rotatable bonds is 19. The van der Waals surface area contributed by atoms with Gasteiger partial charge in [0.05, 0.1) is 24.0 Å². The van der Waals surface area contributed by atoms with Crippen molar-refractivity contribution in [2.24, 2.45) is 17.8 Å². The minimum atomic E-state index is -1.10. The van der Waals surface area contributed by atoms with Crippen molar-refractivity contribution in [3.63, 3.8) is 0 Å². The summed E-state index contributed by atoms with van der Waals surface area (Å²) in [4.78, 5) is 49.3. The lowest BCUT2D eigenvalue weighted by atomic mass is 9.62. The van der Waals surface area contributed by atoms with Crippen molar-refractivity contribution >= 4 is 23.4 Å². The Morgan fingerprint density at radius 1 is 1.04 bits per heavy atom. The lowest BCUT2D eigenvalue weighted by molar-refractivity contribution is -0.152. The van der Waals surface area contributed by atoms with E-state index in [1.54, 1.807) is 22.0 Å². The number of ether oxygens (including phenoxy) is 2. The molecule has 1 spiro atoms. The van der Waals surface area contributed by atoms with Crippen molar-refractivity contribution in [3.05, 3.63) is 49.6 Å². The molecule has 3 aliphatic heterocycles. The second-order valence-electron chi connectivity index (χ2n) is 13.3. The maximum atomic E-state index is 14.8. The van der Waals surface area contributed by atoms with Gasteiger partial charge in [0.1, 0.15) is 17.4 Å². The van der Waals surface area contributed by atoms with E-state index in [1.165, 1.54) is 0 Å². The molecule has 3 aliphatic rings. The molecule has 3 heterocycles. The van der Waals surface area contributed by atoms with E-state index in [0.717, 1.165) is 32.1 Å². The van der Waals surface area contributed by atoms with E-state index < -0.39 is 29.1 Å². The maximum absolute atomic E-state index is 14.8. The number of hydrogen-bond acceptors (Lipinski definition) is 6. The highest BCUT2D eigenvalue weighted by Gasteiger charge is 2.80. The van der Waals surface area contributed by atoms with Crippen LogP contribution in [0.3, 0.4) is 0 Å². The van der Waals surface area contributed by atoms with E-state index in [9.17, 15) is 19.5 Å². The monoisotopic (exact) mass is 637 g/mol. The van der Waals surface area contributed by atoms with Crippen LogP contribution < -0.4 is 9.64 Å². The smallest absolute Gasteiger partial charge is 0.248 e. The van der Waals surface area contributed by atoms with E-state index in [0.29, 0.717) is 56.9 Å². The van der Waals surface area contributed by atoms with Crippen LogP contribution in [0.4, 0.5) is 5.69 Å². The molecular formula is C37H55N3O6. The van der Waals surface area contributed by atoms with Gasteiger partial charge in [-0.1, -0.05) is 51.7 Å². The molecule has 9 nitrogen and oxygen atoms in total. The lowest BCUT2D eigenvalue weighted by Gasteiger charge is -2.39. The molecule has 0 aromatic heterocycles. The van der Waals surface area contributed by atoms with Gasteiger partial charge in [-0.2, -0.15) is 0 Å². The molecule has 1 N–H and O–H groups in total. The summed E-state index contributed by atoms with van der Waals surface area (Å²) in [6.07, 6.45) is 9.93. The van der Waals surface area contributed by atoms with Gasteiger partial charge in [-0.25, -0.2) is 0 Å². The van der Waals surface area contributed by atoms with E-state index in [-0.39, 0.29) is 36.8 Å². The minimum Gasteiger partial charge on any atom is -0.494 e. The topological polar surface area (TPSA) is 99.6 Å². The predicted octanol–water partition coefficient (Wildman–Crippen LogP) is 5.37. The quantitative estimate of drug-likeness (QED) is 0.162. The van der Waals surface area contributed by atoms with Crippen LogP contribution in [0, 0.1) is 17.8 Å². The van der Waals surface area contributed by atoms with Gasteiger partial charge in [0.25, 0.3) is 0 Å². The third kappa shape index (κ3) is 6.63. The Bertz CT molecular complexity index is 1240. The number of nitrogens with zero attached hydrogens (tertiary/aromatic N) is 3. The summed E-state index contributed by atoms with van der Waals surface area (Å²) >= 11 is 0. The Morgan fingerprint density at radius 2 is 1.74 bits per heavy atom. The number of aliphatic hydroxyl groups is 1. The Hall–Kier alpha value is -3.17. The van der Waals surface area contributed by atoms with Crippen LogP contribution in [0.2, 0.25) is 0 Å². The highest BCUT2D eigenvalue weighted by atomic mass is 16.5. The molecule has 46 heavy (non-hydrogen) atoms. The van der Waals surface area contributed by atoms with Crippen LogP contribution in [0.1, 0.15) is 79.1 Å². The highest BCUT2D eigenvalue weighted by Crippen LogP contribution is 2.65. The molecule has 0 aliphatic carbocycles. The van der Waals surface area contributed by atoms with Gasteiger partial charge in [-0.05, 0) is 69.7 Å². The number of carbonyl (C=O) groups excluding carboxylic acids is 3. The van der Waals surface area contributed by atoms with Crippen LogP contribution in [-0.2, 0) is 19.1 Å². The summed E-state index contributed by atoms with van der Waals surface area (Å²) in [5, 5.41) is 9.26. The second-order valence-corrected chi connectivity index (χ2v) is 13.3. The lowest BCUT2D eigenvalue weighted by Crippen LogP contribution is -2.57. The number of hydrogen-bond donors (Lipinski definition) is 1. The third-order valence-corrected chi connectivity index (χ3v) is 10.4. The Labute approximate surface area is 275 Å². The van der Waals surface area contributed by atoms with Gasteiger partial charge in [-0.3, -0.25) is 14.4 Å². The fraction of sp³-hybridized carbons (Fsp3) is 0.649. The second kappa shape index (κ2) is 15.6. The standard InChI is InChI=1S/C37H55N3O6/c1-7-11-14-23-38(21-8-2)35(44)32-37-26-27(5)36(6,46-37)30(31(37)34(43)40(32)24-15-12-13-16-25-41)33(42)39(22-9-3)28-17-19-29(20-18-28)45-10-4/h8-9,17-20,27,30-32,41H,2-3,7,10-16,21-26H2,1,4-6H3/t27?,30-,31+,32?,36+,37?/m1/s1. The first kappa shape index (κ1) is 35.7. The number of amides is 3. The van der Waals surface area contributed by atoms with Crippen LogP contribution in [0.15, 0.2) is 49.6 Å². The summed E-state index contributed by atoms with van der Waals surface area (Å²) in [6.45, 7) is 18.2. The van der Waals surface area contributed by atoms with Crippen LogP contribution >= 0.6 is 0 Å². The van der Waals surface area contributed by atoms with Crippen molar-refractivity contribution in [2.45, 2.75) is 96.3 Å². The average molecular weight is 638 g/mol. The highest BCUT2D eigenvalue weighted by molar-refractivity contribution is 6.03. The zero-order chi connectivity index (χ0) is 33.5. The molecule has 3 saturated heterocycles. The molecule has 9 heteroatoms. The van der Waals surface area contributed by atoms with Crippen molar-refractivity contribution < 1.29 is 29.0 Å². The molecule has 3 amide bonds. The number of likely N-dealkylation sites (tertiary alicyclic amines) is 1. The summed E-state index contributed by atoms with van der Waals surface area (Å²) < 4.78 is 12.6. The van der Waals surface area contributed by atoms with Crippen molar-refractivity contribution in [2.75, 3.05) is 44.3 Å². The van der Waals surface area contributed by atoms with Crippen molar-refractivity contribution in [1.29, 1.82) is 0 Å². The summed E-state index contributed by atoms with van der Waals surface area (Å²) in [5.74, 6) is -1.37. The van der Waals surface area contributed by atoms with Gasteiger partial charge in [0.15, 0.2) is 0 Å². The Kier molecular flexibility index (Phi) is 12.1. The van der Waals surface area contributed by atoms with E-state index in [1.807, 2.05) is 43.0 Å². The number of aliphatic hydroxyl groups excluding tert-OH is 1. The number of unbranched alkanes of at least 4 members (excludes halogenated alkanes) is 5. The molecule has 1 aromatic rings. The third-order valence-electron chi connectivity index (χ3n) is 10.4. The molecule has 0 saturated carbocycles. The molecule has 1 aromatic carbocycles. The molecule has 254 valence electrons. The zero-order valence-corrected chi connectivity index (χ0v) is 28.4. The SMILES string of the molecule is C=CCN(CCCCC)C(=O)C1N(CCCCCCO)C(=O)[C@@H]2[C@H](C(=O)N(CC=C)c3ccc(OCC)cc3)[C@@]3(C)OC12CC3C. The van der Waals surface area contributed by atoms with E-state index in [4.69, 9.17) is 9.47 Å². The molecule has 0 radical (unpaired) electrons. The normalized spacial score (nSPS) is 27.8. The Morgan fingerprint density at radius 3 is 2.37 bits per heavy atom. The molecule has 3 unspecified atom stereocenters. The summed E-state index contributed by atoms with van der Waals surface area (Å²) in [6, 6.07) is 6.57. The van der Waals surface area contributed by atoms with Crippen LogP contribution in [-0.4, -0.2) is 89.3 Å². The molecule has 4 rings (SSSR count). The first-order chi connectivity index (χ1) is 22.1. The van der Waals surface area contributed by atoms with Crippen LogP contribution in [0.5, 0.6) is 5.75 Å². The van der Waals surface area contributed by atoms with Gasteiger partial charge in [0, 0.05) is 38.5 Å². The van der Waals surface area contributed by atoms with Crippen molar-refractivity contribution in [1.82, 2.24) is 9.80 Å². The largest absolute Gasteiger partial charge is 0.494 e. The van der Waals surface area contributed by atoms with E-state index in [2.05, 4.69) is 27.0 Å². The number of fused-ring (bicyclic) bond motifs is 1. The van der Waals surface area contributed by atoms with Gasteiger partial charge in [0.2, 0.25) is 17.7 Å². The summed E-state index contributed by atoms with van der Waals surface area (Å²) in [7, 11) is 0. The van der Waals surface area contributed by atoms with Gasteiger partial charge >= 0.3 is 0 Å².